The Hall–Kier alpha value is -1.62. The van der Waals surface area contributed by atoms with Crippen molar-refractivity contribution in [2.75, 3.05) is 20.2 Å². The van der Waals surface area contributed by atoms with E-state index < -0.39 is 5.97 Å². The third kappa shape index (κ3) is 3.67. The molecule has 0 saturated carbocycles. The van der Waals surface area contributed by atoms with Gasteiger partial charge in [0.25, 0.3) is 0 Å². The highest BCUT2D eigenvalue weighted by Gasteiger charge is 2.19. The summed E-state index contributed by atoms with van der Waals surface area (Å²) in [7, 11) is 2.10. The van der Waals surface area contributed by atoms with Crippen molar-refractivity contribution in [1.82, 2.24) is 9.88 Å². The summed E-state index contributed by atoms with van der Waals surface area (Å²) in [6.07, 6.45) is 3.58. The van der Waals surface area contributed by atoms with Crippen molar-refractivity contribution < 1.29 is 14.6 Å². The zero-order chi connectivity index (χ0) is 13.8. The molecule has 0 amide bonds. The summed E-state index contributed by atoms with van der Waals surface area (Å²) in [4.78, 5) is 17.5. The molecule has 19 heavy (non-hydrogen) atoms. The lowest BCUT2D eigenvalue weighted by Crippen LogP contribution is -2.40. The number of aromatic carboxylic acids is 1. The molecule has 1 fully saturated rings. The van der Waals surface area contributed by atoms with Crippen molar-refractivity contribution in [3.63, 3.8) is 0 Å². The molecule has 1 aromatic rings. The first-order valence-electron chi connectivity index (χ1n) is 6.61. The van der Waals surface area contributed by atoms with Gasteiger partial charge in [-0.1, -0.05) is 6.42 Å². The Bertz CT molecular complexity index is 462. The van der Waals surface area contributed by atoms with Gasteiger partial charge in [-0.3, -0.25) is 0 Å². The third-order valence-corrected chi connectivity index (χ3v) is 3.52. The number of nitrogens with zero attached hydrogens (tertiary/aromatic N) is 2. The second kappa shape index (κ2) is 6.02. The minimum Gasteiger partial charge on any atom is -0.478 e. The van der Waals surface area contributed by atoms with Gasteiger partial charge in [-0.25, -0.2) is 9.78 Å². The maximum atomic E-state index is 11.0. The van der Waals surface area contributed by atoms with Crippen LogP contribution in [0.2, 0.25) is 0 Å². The molecule has 1 aliphatic rings. The molecule has 1 unspecified atom stereocenters. The summed E-state index contributed by atoms with van der Waals surface area (Å²) in [6.45, 7) is 3.42. The number of carboxylic acid groups (broad SMARTS) is 1. The second-order valence-electron chi connectivity index (χ2n) is 5.08. The van der Waals surface area contributed by atoms with Crippen LogP contribution in [-0.4, -0.2) is 47.2 Å². The summed E-state index contributed by atoms with van der Waals surface area (Å²) >= 11 is 0. The Morgan fingerprint density at radius 1 is 1.53 bits per heavy atom. The highest BCUT2D eigenvalue weighted by molar-refractivity contribution is 5.87. The first kappa shape index (κ1) is 13.8. The van der Waals surface area contributed by atoms with Gasteiger partial charge in [0.2, 0.25) is 5.88 Å². The van der Waals surface area contributed by atoms with E-state index in [0.29, 0.717) is 24.2 Å². The fourth-order valence-electron chi connectivity index (χ4n) is 2.37. The molecule has 5 heteroatoms. The number of carboxylic acids is 1. The standard InChI is InChI=1S/C14H20N2O3/c1-10-7-11(14(17)18)8-13(15-10)19-9-12-5-3-4-6-16(12)2/h7-8,12H,3-6,9H2,1-2H3,(H,17,18). The number of aromatic nitrogens is 1. The van der Waals surface area contributed by atoms with E-state index in [1.807, 2.05) is 0 Å². The number of pyridine rings is 1. The zero-order valence-electron chi connectivity index (χ0n) is 11.4. The lowest BCUT2D eigenvalue weighted by Gasteiger charge is -2.31. The van der Waals surface area contributed by atoms with E-state index in [1.54, 1.807) is 13.0 Å². The molecule has 0 aromatic carbocycles. The number of rotatable bonds is 4. The van der Waals surface area contributed by atoms with Crippen LogP contribution in [0.5, 0.6) is 5.88 Å². The minimum absolute atomic E-state index is 0.222. The fraction of sp³-hybridized carbons (Fsp3) is 0.571. The Balaban J connectivity index is 2.00. The Morgan fingerprint density at radius 3 is 3.00 bits per heavy atom. The molecular formula is C14H20N2O3. The zero-order valence-corrected chi connectivity index (χ0v) is 11.4. The number of hydrogen-bond donors (Lipinski definition) is 1. The maximum Gasteiger partial charge on any atom is 0.335 e. The van der Waals surface area contributed by atoms with Crippen molar-refractivity contribution in [2.45, 2.75) is 32.2 Å². The Morgan fingerprint density at radius 2 is 2.32 bits per heavy atom. The molecule has 1 N–H and O–H groups in total. The van der Waals surface area contributed by atoms with Gasteiger partial charge < -0.3 is 14.7 Å². The number of piperidine rings is 1. The molecule has 1 saturated heterocycles. The van der Waals surface area contributed by atoms with Crippen LogP contribution < -0.4 is 4.74 Å². The van der Waals surface area contributed by atoms with Crippen LogP contribution in [0.25, 0.3) is 0 Å². The Labute approximate surface area is 113 Å². The highest BCUT2D eigenvalue weighted by Crippen LogP contribution is 2.17. The highest BCUT2D eigenvalue weighted by atomic mass is 16.5. The van der Waals surface area contributed by atoms with Gasteiger partial charge in [0, 0.05) is 17.8 Å². The predicted octanol–water partition coefficient (Wildman–Crippen LogP) is 1.95. The number of ether oxygens (including phenoxy) is 1. The van der Waals surface area contributed by atoms with Crippen LogP contribution in [0.15, 0.2) is 12.1 Å². The second-order valence-corrected chi connectivity index (χ2v) is 5.08. The van der Waals surface area contributed by atoms with Crippen LogP contribution in [-0.2, 0) is 0 Å². The molecule has 0 aliphatic carbocycles. The van der Waals surface area contributed by atoms with Gasteiger partial charge in [0.15, 0.2) is 0 Å². The number of likely N-dealkylation sites (tertiary alicyclic amines) is 1. The van der Waals surface area contributed by atoms with E-state index in [-0.39, 0.29) is 5.56 Å². The SMILES string of the molecule is Cc1cc(C(=O)O)cc(OCC2CCCCN2C)n1. The number of likely N-dealkylation sites (N-methyl/N-ethyl adjacent to an activating group) is 1. The predicted molar refractivity (Wildman–Crippen MR) is 71.7 cm³/mol. The summed E-state index contributed by atoms with van der Waals surface area (Å²) < 4.78 is 5.67. The van der Waals surface area contributed by atoms with Crippen molar-refractivity contribution in [3.05, 3.63) is 23.4 Å². The van der Waals surface area contributed by atoms with Crippen LogP contribution in [0.4, 0.5) is 0 Å². The van der Waals surface area contributed by atoms with Gasteiger partial charge in [-0.2, -0.15) is 0 Å². The van der Waals surface area contributed by atoms with Crippen LogP contribution in [0.1, 0.15) is 35.3 Å². The third-order valence-electron chi connectivity index (χ3n) is 3.52. The molecule has 5 nitrogen and oxygen atoms in total. The smallest absolute Gasteiger partial charge is 0.335 e. The van der Waals surface area contributed by atoms with Crippen LogP contribution >= 0.6 is 0 Å². The molecule has 0 spiro atoms. The lowest BCUT2D eigenvalue weighted by atomic mass is 10.0. The van der Waals surface area contributed by atoms with Crippen molar-refractivity contribution >= 4 is 5.97 Å². The largest absolute Gasteiger partial charge is 0.478 e. The fourth-order valence-corrected chi connectivity index (χ4v) is 2.37. The topological polar surface area (TPSA) is 62.7 Å². The number of carbonyl (C=O) groups is 1. The van der Waals surface area contributed by atoms with E-state index in [0.717, 1.165) is 13.0 Å². The van der Waals surface area contributed by atoms with Crippen LogP contribution in [0.3, 0.4) is 0 Å². The van der Waals surface area contributed by atoms with Crippen LogP contribution in [0, 0.1) is 6.92 Å². The van der Waals surface area contributed by atoms with Crippen molar-refractivity contribution in [1.29, 1.82) is 0 Å². The molecular weight excluding hydrogens is 244 g/mol. The molecule has 0 bridgehead atoms. The maximum absolute atomic E-state index is 11.0. The lowest BCUT2D eigenvalue weighted by molar-refractivity contribution is 0.0695. The first-order chi connectivity index (χ1) is 9.06. The van der Waals surface area contributed by atoms with Gasteiger partial charge in [0.05, 0.1) is 5.56 Å². The number of hydrogen-bond acceptors (Lipinski definition) is 4. The quantitative estimate of drug-likeness (QED) is 0.900. The van der Waals surface area contributed by atoms with Crippen molar-refractivity contribution in [2.24, 2.45) is 0 Å². The molecule has 104 valence electrons. The van der Waals surface area contributed by atoms with Gasteiger partial charge in [-0.15, -0.1) is 0 Å². The van der Waals surface area contributed by atoms with Crippen molar-refractivity contribution in [3.8, 4) is 5.88 Å². The van der Waals surface area contributed by atoms with E-state index in [2.05, 4.69) is 16.9 Å². The van der Waals surface area contributed by atoms with E-state index in [9.17, 15) is 4.79 Å². The molecule has 0 radical (unpaired) electrons. The van der Waals surface area contributed by atoms with Gasteiger partial charge in [0.1, 0.15) is 6.61 Å². The first-order valence-corrected chi connectivity index (χ1v) is 6.61. The molecule has 1 aromatic heterocycles. The summed E-state index contributed by atoms with van der Waals surface area (Å²) in [5.41, 5.74) is 0.881. The summed E-state index contributed by atoms with van der Waals surface area (Å²) in [5, 5.41) is 9.00. The summed E-state index contributed by atoms with van der Waals surface area (Å²) in [5.74, 6) is -0.554. The van der Waals surface area contributed by atoms with Gasteiger partial charge in [-0.05, 0) is 39.4 Å². The number of aryl methyl sites for hydroxylation is 1. The molecule has 2 heterocycles. The normalized spacial score (nSPS) is 20.2. The summed E-state index contributed by atoms with van der Waals surface area (Å²) in [6, 6.07) is 3.42. The molecule has 1 atom stereocenters. The van der Waals surface area contributed by atoms with Gasteiger partial charge >= 0.3 is 5.97 Å². The van der Waals surface area contributed by atoms with E-state index in [1.165, 1.54) is 18.9 Å². The average Bonchev–Trinajstić information content (AvgIpc) is 2.37. The molecule has 2 rings (SSSR count). The minimum atomic E-state index is -0.954. The van der Waals surface area contributed by atoms with E-state index in [4.69, 9.17) is 9.84 Å². The average molecular weight is 264 g/mol. The monoisotopic (exact) mass is 264 g/mol. The van der Waals surface area contributed by atoms with E-state index >= 15 is 0 Å². The Kier molecular flexibility index (Phi) is 4.37. The molecule has 1 aliphatic heterocycles.